The van der Waals surface area contributed by atoms with Crippen LogP contribution in [0.15, 0.2) is 0 Å². The smallest absolute Gasteiger partial charge is 0.161 e. The van der Waals surface area contributed by atoms with E-state index in [1.54, 1.807) is 0 Å². The molecule has 1 heterocycles. The number of rotatable bonds is 3. The Bertz CT molecular complexity index is 172. The lowest BCUT2D eigenvalue weighted by Crippen LogP contribution is -2.40. The Balaban J connectivity index is 2.34. The van der Waals surface area contributed by atoms with Crippen molar-refractivity contribution in [1.29, 1.82) is 0 Å². The minimum absolute atomic E-state index is 0.0170. The number of carbonyl (C=O) groups excluding carboxylic acids is 1. The molecule has 1 saturated heterocycles. The first-order valence-electron chi connectivity index (χ1n) is 5.02. The molecule has 0 aromatic rings. The van der Waals surface area contributed by atoms with Gasteiger partial charge in [-0.05, 0) is 39.8 Å². The summed E-state index contributed by atoms with van der Waals surface area (Å²) in [7, 11) is 0. The quantitative estimate of drug-likeness (QED) is 0.702. The highest BCUT2D eigenvalue weighted by molar-refractivity contribution is 5.82. The summed E-state index contributed by atoms with van der Waals surface area (Å²) in [6.07, 6.45) is 1.83. The van der Waals surface area contributed by atoms with Crippen LogP contribution in [0.25, 0.3) is 0 Å². The molecule has 0 aliphatic carbocycles. The van der Waals surface area contributed by atoms with Crippen LogP contribution in [-0.2, 0) is 4.79 Å². The monoisotopic (exact) mass is 185 g/mol. The van der Waals surface area contributed by atoms with Crippen molar-refractivity contribution in [3.63, 3.8) is 0 Å². The fourth-order valence-electron chi connectivity index (χ4n) is 1.87. The molecule has 3 heteroatoms. The van der Waals surface area contributed by atoms with Gasteiger partial charge in [0.25, 0.3) is 0 Å². The van der Waals surface area contributed by atoms with Gasteiger partial charge in [-0.2, -0.15) is 0 Å². The maximum absolute atomic E-state index is 11.2. The van der Waals surface area contributed by atoms with E-state index in [0.717, 1.165) is 25.9 Å². The molecular formula is C10H19NO2. The predicted octanol–water partition coefficient (Wildman–Crippen LogP) is 0.668. The molecule has 1 aliphatic heterocycles. The minimum Gasteiger partial charge on any atom is -0.389 e. The summed E-state index contributed by atoms with van der Waals surface area (Å²) in [5.41, 5.74) is 0. The summed E-state index contributed by atoms with van der Waals surface area (Å²) in [5.74, 6) is 0.128. The number of aliphatic hydroxyl groups excluding tert-OH is 1. The van der Waals surface area contributed by atoms with Gasteiger partial charge in [0.2, 0.25) is 0 Å². The number of hydrogen-bond donors (Lipinski definition) is 1. The van der Waals surface area contributed by atoms with Crippen LogP contribution < -0.4 is 0 Å². The molecule has 0 unspecified atom stereocenters. The molecule has 0 spiro atoms. The third-order valence-electron chi connectivity index (χ3n) is 2.87. The predicted molar refractivity (Wildman–Crippen MR) is 51.5 cm³/mol. The Hall–Kier alpha value is -0.410. The van der Waals surface area contributed by atoms with Crippen LogP contribution in [0, 0.1) is 5.92 Å². The summed E-state index contributed by atoms with van der Waals surface area (Å²) >= 11 is 0. The summed E-state index contributed by atoms with van der Waals surface area (Å²) in [4.78, 5) is 13.6. The van der Waals surface area contributed by atoms with Crippen molar-refractivity contribution in [3.05, 3.63) is 0 Å². The topological polar surface area (TPSA) is 40.5 Å². The average molecular weight is 185 g/mol. The lowest BCUT2D eigenvalue weighted by Gasteiger charge is -2.33. The van der Waals surface area contributed by atoms with Gasteiger partial charge >= 0.3 is 0 Å². The molecular weight excluding hydrogens is 166 g/mol. The van der Waals surface area contributed by atoms with Gasteiger partial charge in [0.1, 0.15) is 6.61 Å². The van der Waals surface area contributed by atoms with Gasteiger partial charge in [0.05, 0.1) is 0 Å². The van der Waals surface area contributed by atoms with Crippen molar-refractivity contribution in [2.24, 2.45) is 5.92 Å². The first kappa shape index (κ1) is 10.7. The number of Topliss-reactive ketones (excluding diaryl/α,β-unsaturated/α-hetero) is 1. The highest BCUT2D eigenvalue weighted by atomic mass is 16.3. The fourth-order valence-corrected chi connectivity index (χ4v) is 1.87. The number of hydrogen-bond acceptors (Lipinski definition) is 3. The Morgan fingerprint density at radius 2 is 2.00 bits per heavy atom. The van der Waals surface area contributed by atoms with Crippen LogP contribution in [0.3, 0.4) is 0 Å². The summed E-state index contributed by atoms with van der Waals surface area (Å²) in [6, 6.07) is 0.574. The van der Waals surface area contributed by atoms with E-state index in [2.05, 4.69) is 18.7 Å². The van der Waals surface area contributed by atoms with E-state index < -0.39 is 0 Å². The number of nitrogens with zero attached hydrogens (tertiary/aromatic N) is 1. The van der Waals surface area contributed by atoms with Crippen LogP contribution in [0.2, 0.25) is 0 Å². The summed E-state index contributed by atoms with van der Waals surface area (Å²) < 4.78 is 0. The van der Waals surface area contributed by atoms with Crippen molar-refractivity contribution in [2.75, 3.05) is 19.7 Å². The Morgan fingerprint density at radius 3 is 2.38 bits per heavy atom. The Morgan fingerprint density at radius 1 is 1.46 bits per heavy atom. The van der Waals surface area contributed by atoms with Crippen molar-refractivity contribution in [1.82, 2.24) is 4.90 Å². The van der Waals surface area contributed by atoms with E-state index in [4.69, 9.17) is 5.11 Å². The van der Waals surface area contributed by atoms with Gasteiger partial charge in [-0.1, -0.05) is 0 Å². The molecule has 0 radical (unpaired) electrons. The van der Waals surface area contributed by atoms with Crippen LogP contribution in [0.5, 0.6) is 0 Å². The second-order valence-electron chi connectivity index (χ2n) is 4.03. The Labute approximate surface area is 79.7 Å². The SMILES string of the molecule is CC(C)N1CCC(C(=O)CO)CC1. The number of aliphatic hydroxyl groups is 1. The van der Waals surface area contributed by atoms with Crippen LogP contribution in [-0.4, -0.2) is 41.5 Å². The van der Waals surface area contributed by atoms with Gasteiger partial charge in [-0.3, -0.25) is 4.79 Å². The minimum atomic E-state index is -0.285. The molecule has 0 aromatic heterocycles. The van der Waals surface area contributed by atoms with E-state index in [1.807, 2.05) is 0 Å². The van der Waals surface area contributed by atoms with E-state index in [9.17, 15) is 4.79 Å². The van der Waals surface area contributed by atoms with Crippen LogP contribution in [0.4, 0.5) is 0 Å². The zero-order valence-corrected chi connectivity index (χ0v) is 8.49. The highest BCUT2D eigenvalue weighted by Crippen LogP contribution is 2.19. The summed E-state index contributed by atoms with van der Waals surface area (Å²) in [6.45, 7) is 6.05. The molecule has 0 amide bonds. The zero-order valence-electron chi connectivity index (χ0n) is 8.49. The number of carbonyl (C=O) groups is 1. The molecule has 0 atom stereocenters. The first-order valence-corrected chi connectivity index (χ1v) is 5.02. The van der Waals surface area contributed by atoms with Crippen molar-refractivity contribution < 1.29 is 9.90 Å². The number of likely N-dealkylation sites (tertiary alicyclic amines) is 1. The van der Waals surface area contributed by atoms with E-state index in [1.165, 1.54) is 0 Å². The lowest BCUT2D eigenvalue weighted by atomic mass is 9.92. The second-order valence-corrected chi connectivity index (χ2v) is 4.03. The molecule has 76 valence electrons. The molecule has 1 N–H and O–H groups in total. The Kier molecular flexibility index (Phi) is 3.88. The third-order valence-corrected chi connectivity index (χ3v) is 2.87. The summed E-state index contributed by atoms with van der Waals surface area (Å²) in [5, 5.41) is 8.70. The molecule has 1 aliphatic rings. The number of piperidine rings is 1. The molecule has 0 bridgehead atoms. The van der Waals surface area contributed by atoms with Gasteiger partial charge in [-0.15, -0.1) is 0 Å². The van der Waals surface area contributed by atoms with Crippen LogP contribution in [0.1, 0.15) is 26.7 Å². The van der Waals surface area contributed by atoms with Gasteiger partial charge < -0.3 is 10.0 Å². The normalized spacial score (nSPS) is 20.9. The van der Waals surface area contributed by atoms with Gasteiger partial charge in [0.15, 0.2) is 5.78 Å². The standard InChI is InChI=1S/C10H19NO2/c1-8(2)11-5-3-9(4-6-11)10(13)7-12/h8-9,12H,3-7H2,1-2H3. The molecule has 3 nitrogen and oxygen atoms in total. The van der Waals surface area contributed by atoms with E-state index in [0.29, 0.717) is 6.04 Å². The van der Waals surface area contributed by atoms with Gasteiger partial charge in [-0.25, -0.2) is 0 Å². The van der Waals surface area contributed by atoms with Crippen LogP contribution >= 0.6 is 0 Å². The maximum Gasteiger partial charge on any atom is 0.161 e. The highest BCUT2D eigenvalue weighted by Gasteiger charge is 2.24. The molecule has 1 rings (SSSR count). The largest absolute Gasteiger partial charge is 0.389 e. The third kappa shape index (κ3) is 2.78. The molecule has 1 fully saturated rings. The molecule has 0 saturated carbocycles. The zero-order chi connectivity index (χ0) is 9.84. The molecule has 13 heavy (non-hydrogen) atoms. The van der Waals surface area contributed by atoms with Crippen molar-refractivity contribution in [3.8, 4) is 0 Å². The van der Waals surface area contributed by atoms with E-state index >= 15 is 0 Å². The first-order chi connectivity index (χ1) is 6.15. The molecule has 0 aromatic carbocycles. The van der Waals surface area contributed by atoms with Crippen molar-refractivity contribution >= 4 is 5.78 Å². The lowest BCUT2D eigenvalue weighted by molar-refractivity contribution is -0.127. The average Bonchev–Trinajstić information content (AvgIpc) is 2.17. The van der Waals surface area contributed by atoms with Crippen molar-refractivity contribution in [2.45, 2.75) is 32.7 Å². The maximum atomic E-state index is 11.2. The second kappa shape index (κ2) is 4.72. The number of ketones is 1. The van der Waals surface area contributed by atoms with Gasteiger partial charge in [0, 0.05) is 12.0 Å². The van der Waals surface area contributed by atoms with E-state index in [-0.39, 0.29) is 18.3 Å². The fraction of sp³-hybridized carbons (Fsp3) is 0.900.